The van der Waals surface area contributed by atoms with Gasteiger partial charge in [0.15, 0.2) is 0 Å². The number of anilines is 1. The number of amides is 1. The van der Waals surface area contributed by atoms with E-state index in [4.69, 9.17) is 20.9 Å². The summed E-state index contributed by atoms with van der Waals surface area (Å²) in [4.78, 5) is 11.7. The molecule has 1 aliphatic rings. The van der Waals surface area contributed by atoms with Crippen LogP contribution in [0, 0.1) is 28.8 Å². The average molecular weight is 485 g/mol. The van der Waals surface area contributed by atoms with E-state index in [0.717, 1.165) is 37.1 Å². The minimum absolute atomic E-state index is 0.0000214. The van der Waals surface area contributed by atoms with Crippen LogP contribution >= 0.6 is 0 Å². The maximum atomic E-state index is 15.1. The number of halogens is 3. The maximum Gasteiger partial charge on any atom is 0.252 e. The highest BCUT2D eigenvalue weighted by Gasteiger charge is 2.26. The summed E-state index contributed by atoms with van der Waals surface area (Å²) in [5.74, 6) is -3.64. The number of ether oxygens (including phenoxy) is 2. The summed E-state index contributed by atoms with van der Waals surface area (Å²) in [5, 5.41) is 14.0. The predicted molar refractivity (Wildman–Crippen MR) is 120 cm³/mol. The molecule has 2 heterocycles. The van der Waals surface area contributed by atoms with E-state index in [1.165, 1.54) is 11.8 Å². The highest BCUT2D eigenvalue weighted by Crippen LogP contribution is 2.34. The van der Waals surface area contributed by atoms with Crippen molar-refractivity contribution in [1.82, 2.24) is 9.78 Å². The number of nitrogens with two attached hydrogens (primary N) is 2. The molecule has 3 aromatic rings. The van der Waals surface area contributed by atoms with Crippen LogP contribution in [0.4, 0.5) is 19.0 Å². The van der Waals surface area contributed by atoms with E-state index in [-0.39, 0.29) is 51.1 Å². The van der Waals surface area contributed by atoms with Crippen LogP contribution in [0.15, 0.2) is 24.3 Å². The molecule has 0 bridgehead atoms. The van der Waals surface area contributed by atoms with E-state index in [9.17, 15) is 14.4 Å². The number of carbonyl (C=O) groups excluding carboxylic acids is 1. The van der Waals surface area contributed by atoms with Crippen LogP contribution in [0.2, 0.25) is 0 Å². The van der Waals surface area contributed by atoms with Crippen LogP contribution in [-0.4, -0.2) is 36.0 Å². The number of primary amides is 1. The smallest absolute Gasteiger partial charge is 0.252 e. The molecule has 2 aromatic carbocycles. The van der Waals surface area contributed by atoms with Gasteiger partial charge in [-0.2, -0.15) is 10.4 Å². The molecular formula is C24H22F3N5O3. The van der Waals surface area contributed by atoms with Gasteiger partial charge in [-0.05, 0) is 37.1 Å². The lowest BCUT2D eigenvalue weighted by Gasteiger charge is -2.23. The Morgan fingerprint density at radius 3 is 2.57 bits per heavy atom. The fourth-order valence-electron chi connectivity index (χ4n) is 4.26. The second-order valence-corrected chi connectivity index (χ2v) is 8.14. The molecule has 0 aliphatic carbocycles. The zero-order valence-corrected chi connectivity index (χ0v) is 18.8. The van der Waals surface area contributed by atoms with Gasteiger partial charge < -0.3 is 20.9 Å². The zero-order valence-electron chi connectivity index (χ0n) is 18.8. The topological polar surface area (TPSA) is 129 Å². The molecule has 4 N–H and O–H groups in total. The van der Waals surface area contributed by atoms with Gasteiger partial charge in [-0.25, -0.2) is 17.9 Å². The molecule has 8 nitrogen and oxygen atoms in total. The Morgan fingerprint density at radius 2 is 2.00 bits per heavy atom. The number of hydrogen-bond acceptors (Lipinski definition) is 6. The summed E-state index contributed by atoms with van der Waals surface area (Å²) in [5.41, 5.74) is 10.9. The second-order valence-electron chi connectivity index (χ2n) is 8.14. The molecule has 0 radical (unpaired) electrons. The first kappa shape index (κ1) is 24.1. The Balaban J connectivity index is 1.75. The molecule has 35 heavy (non-hydrogen) atoms. The Kier molecular flexibility index (Phi) is 6.66. The van der Waals surface area contributed by atoms with E-state index >= 15 is 8.78 Å². The monoisotopic (exact) mass is 485 g/mol. The average Bonchev–Trinajstić information content (AvgIpc) is 3.17. The van der Waals surface area contributed by atoms with Crippen LogP contribution in [-0.2, 0) is 11.2 Å². The van der Waals surface area contributed by atoms with Gasteiger partial charge in [0.2, 0.25) is 0 Å². The highest BCUT2D eigenvalue weighted by molar-refractivity contribution is 5.96. The molecule has 1 saturated heterocycles. The number of rotatable bonds is 6. The summed E-state index contributed by atoms with van der Waals surface area (Å²) in [6.07, 6.45) is 1.11. The summed E-state index contributed by atoms with van der Waals surface area (Å²) in [7, 11) is 1.24. The lowest BCUT2D eigenvalue weighted by molar-refractivity contribution is 0.0558. The van der Waals surface area contributed by atoms with Crippen molar-refractivity contribution in [3.05, 3.63) is 64.0 Å². The van der Waals surface area contributed by atoms with Gasteiger partial charge in [0, 0.05) is 29.7 Å². The Morgan fingerprint density at radius 1 is 1.29 bits per heavy atom. The van der Waals surface area contributed by atoms with Crippen LogP contribution in [0.5, 0.6) is 5.75 Å². The Hall–Kier alpha value is -4.04. The van der Waals surface area contributed by atoms with Gasteiger partial charge in [0.25, 0.3) is 5.91 Å². The Bertz CT molecular complexity index is 1320. The van der Waals surface area contributed by atoms with Gasteiger partial charge in [0.05, 0.1) is 25.3 Å². The van der Waals surface area contributed by atoms with Crippen molar-refractivity contribution in [2.75, 3.05) is 26.1 Å². The molecule has 0 spiro atoms. The fourth-order valence-corrected chi connectivity index (χ4v) is 4.26. The molecule has 1 fully saturated rings. The van der Waals surface area contributed by atoms with E-state index < -0.39 is 29.8 Å². The normalized spacial score (nSPS) is 15.6. The van der Waals surface area contributed by atoms with E-state index in [1.54, 1.807) is 0 Å². The van der Waals surface area contributed by atoms with E-state index in [0.29, 0.717) is 13.2 Å². The number of aromatic nitrogens is 2. The summed E-state index contributed by atoms with van der Waals surface area (Å²) >= 11 is 0. The number of hydrogen-bond donors (Lipinski definition) is 2. The van der Waals surface area contributed by atoms with Crippen molar-refractivity contribution in [2.24, 2.45) is 5.73 Å². The number of methoxy groups -OCH3 is 1. The molecular weight excluding hydrogens is 463 g/mol. The third-order valence-electron chi connectivity index (χ3n) is 5.92. The standard InChI is InChI=1S/C24H22F3N5O3/c1-34-22-13(5-14(25)9-17(22)24(30)33)6-16-19(26)7-12(8-20(16)27)21-18(10-28)23(29)32(31-21)15-3-2-4-35-11-15/h5,7-9,15H,2-4,6,11,29H2,1H3,(H2,30,33). The van der Waals surface area contributed by atoms with Crippen molar-refractivity contribution < 1.29 is 27.4 Å². The minimum Gasteiger partial charge on any atom is -0.496 e. The summed E-state index contributed by atoms with van der Waals surface area (Å²) in [6.45, 7) is 0.977. The van der Waals surface area contributed by atoms with Gasteiger partial charge in [0.1, 0.15) is 46.3 Å². The Labute approximate surface area is 198 Å². The molecule has 0 saturated carbocycles. The highest BCUT2D eigenvalue weighted by atomic mass is 19.1. The molecule has 1 aromatic heterocycles. The first-order chi connectivity index (χ1) is 16.7. The summed E-state index contributed by atoms with van der Waals surface area (Å²) in [6, 6.07) is 5.73. The first-order valence-corrected chi connectivity index (χ1v) is 10.8. The SMILES string of the molecule is COc1c(Cc2c(F)cc(-c3nn(C4CCCOC4)c(N)c3C#N)cc2F)cc(F)cc1C(N)=O. The van der Waals surface area contributed by atoms with Crippen LogP contribution in [0.25, 0.3) is 11.3 Å². The third kappa shape index (κ3) is 4.52. The fraction of sp³-hybridized carbons (Fsp3) is 0.292. The maximum absolute atomic E-state index is 15.1. The zero-order chi connectivity index (χ0) is 25.3. The third-order valence-corrected chi connectivity index (χ3v) is 5.92. The minimum atomic E-state index is -0.954. The number of nitriles is 1. The first-order valence-electron chi connectivity index (χ1n) is 10.8. The number of carbonyl (C=O) groups is 1. The van der Waals surface area contributed by atoms with Crippen molar-refractivity contribution in [1.29, 1.82) is 5.26 Å². The van der Waals surface area contributed by atoms with Gasteiger partial charge in [-0.3, -0.25) is 4.79 Å². The van der Waals surface area contributed by atoms with Gasteiger partial charge in [-0.1, -0.05) is 0 Å². The van der Waals surface area contributed by atoms with Crippen LogP contribution < -0.4 is 16.2 Å². The second kappa shape index (κ2) is 9.68. The van der Waals surface area contributed by atoms with Crippen molar-refractivity contribution in [3.8, 4) is 23.1 Å². The molecule has 1 atom stereocenters. The largest absolute Gasteiger partial charge is 0.496 e. The lowest BCUT2D eigenvalue weighted by atomic mass is 9.97. The van der Waals surface area contributed by atoms with E-state index in [2.05, 4.69) is 5.10 Å². The molecule has 1 aliphatic heterocycles. The number of nitrogens with zero attached hydrogens (tertiary/aromatic N) is 3. The van der Waals surface area contributed by atoms with Gasteiger partial charge >= 0.3 is 0 Å². The van der Waals surface area contributed by atoms with Crippen molar-refractivity contribution in [3.63, 3.8) is 0 Å². The molecule has 11 heteroatoms. The molecule has 4 rings (SSSR count). The number of nitrogen functional groups attached to an aromatic ring is 1. The molecule has 1 unspecified atom stereocenters. The number of benzene rings is 2. The van der Waals surface area contributed by atoms with E-state index in [1.807, 2.05) is 6.07 Å². The quantitative estimate of drug-likeness (QED) is 0.550. The lowest BCUT2D eigenvalue weighted by Crippen LogP contribution is -2.23. The van der Waals surface area contributed by atoms with Crippen molar-refractivity contribution in [2.45, 2.75) is 25.3 Å². The molecule has 182 valence electrons. The van der Waals surface area contributed by atoms with Crippen LogP contribution in [0.3, 0.4) is 0 Å². The molecule has 1 amide bonds. The van der Waals surface area contributed by atoms with Crippen LogP contribution in [0.1, 0.15) is 45.9 Å². The predicted octanol–water partition coefficient (Wildman–Crippen LogP) is 3.47. The van der Waals surface area contributed by atoms with Gasteiger partial charge in [-0.15, -0.1) is 0 Å². The van der Waals surface area contributed by atoms with Crippen molar-refractivity contribution >= 4 is 11.7 Å². The summed E-state index contributed by atoms with van der Waals surface area (Å²) < 4.78 is 56.4.